The number of ether oxygens (including phenoxy) is 1. The summed E-state index contributed by atoms with van der Waals surface area (Å²) in [5.74, 6) is 0.607. The van der Waals surface area contributed by atoms with Gasteiger partial charge in [0.2, 0.25) is 0 Å². The topological polar surface area (TPSA) is 22.1 Å². The van der Waals surface area contributed by atoms with Crippen LogP contribution in [0.25, 0.3) is 0 Å². The van der Waals surface area contributed by atoms with E-state index in [2.05, 4.69) is 20.9 Å². The molecule has 0 radical (unpaired) electrons. The largest absolute Gasteiger partial charge is 0.487 e. The zero-order chi connectivity index (χ0) is 13.8. The van der Waals surface area contributed by atoms with Gasteiger partial charge in [0.1, 0.15) is 12.4 Å². The number of hydrogen-bond donors (Lipinski definition) is 0. The van der Waals surface area contributed by atoms with Crippen molar-refractivity contribution in [3.05, 3.63) is 56.8 Å². The van der Waals surface area contributed by atoms with Gasteiger partial charge < -0.3 is 4.74 Å². The fourth-order valence-corrected chi connectivity index (χ4v) is 2.73. The highest BCUT2D eigenvalue weighted by atomic mass is 79.9. The van der Waals surface area contributed by atoms with E-state index in [9.17, 15) is 0 Å². The van der Waals surface area contributed by atoms with E-state index in [0.29, 0.717) is 32.8 Å². The highest BCUT2D eigenvalue weighted by Gasteiger charge is 2.11. The Labute approximate surface area is 134 Å². The number of aromatic nitrogens is 1. The summed E-state index contributed by atoms with van der Waals surface area (Å²) in [5.41, 5.74) is 1.74. The minimum absolute atomic E-state index is 0.322. The molecule has 2 aromatic rings. The number of halogens is 4. The quantitative estimate of drug-likeness (QED) is 0.651. The fourth-order valence-electron chi connectivity index (χ4n) is 1.55. The maximum Gasteiger partial charge on any atom is 0.142 e. The number of rotatable bonds is 4. The molecule has 1 aromatic carbocycles. The lowest BCUT2D eigenvalue weighted by Gasteiger charge is -2.13. The molecule has 19 heavy (non-hydrogen) atoms. The Morgan fingerprint density at radius 3 is 2.58 bits per heavy atom. The minimum Gasteiger partial charge on any atom is -0.487 e. The van der Waals surface area contributed by atoms with Crippen molar-refractivity contribution in [2.75, 3.05) is 0 Å². The number of benzene rings is 1. The van der Waals surface area contributed by atoms with Crippen LogP contribution in [0.4, 0.5) is 0 Å². The van der Waals surface area contributed by atoms with E-state index in [1.54, 1.807) is 24.5 Å². The summed E-state index contributed by atoms with van der Waals surface area (Å²) >= 11 is 21.5. The number of alkyl halides is 1. The molecule has 0 N–H and O–H groups in total. The Morgan fingerprint density at radius 2 is 1.89 bits per heavy atom. The van der Waals surface area contributed by atoms with Crippen molar-refractivity contribution in [1.29, 1.82) is 0 Å². The second-order valence-corrected chi connectivity index (χ2v) is 5.58. The van der Waals surface area contributed by atoms with Crippen LogP contribution >= 0.6 is 50.7 Å². The zero-order valence-electron chi connectivity index (χ0n) is 9.67. The van der Waals surface area contributed by atoms with Crippen molar-refractivity contribution in [2.45, 2.75) is 11.9 Å². The zero-order valence-corrected chi connectivity index (χ0v) is 13.5. The first-order valence-electron chi connectivity index (χ1n) is 5.37. The third-order valence-corrected chi connectivity index (χ3v) is 3.90. The van der Waals surface area contributed by atoms with Crippen LogP contribution in [0.3, 0.4) is 0 Å². The van der Waals surface area contributed by atoms with Crippen LogP contribution in [-0.4, -0.2) is 4.98 Å². The van der Waals surface area contributed by atoms with Crippen LogP contribution in [0.2, 0.25) is 15.1 Å². The SMILES string of the molecule is Clc1cc(Cl)c(OCc2ccncc2Cl)c(CBr)c1. The van der Waals surface area contributed by atoms with Gasteiger partial charge in [-0.05, 0) is 18.2 Å². The summed E-state index contributed by atoms with van der Waals surface area (Å²) in [5, 5.41) is 2.22. The summed E-state index contributed by atoms with van der Waals surface area (Å²) < 4.78 is 5.75. The summed E-state index contributed by atoms with van der Waals surface area (Å²) in [6, 6.07) is 5.27. The normalized spacial score (nSPS) is 10.5. The Bertz CT molecular complexity index is 592. The smallest absolute Gasteiger partial charge is 0.142 e. The third-order valence-electron chi connectivity index (χ3n) is 2.46. The van der Waals surface area contributed by atoms with Gasteiger partial charge in [-0.3, -0.25) is 4.98 Å². The first kappa shape index (κ1) is 14.9. The van der Waals surface area contributed by atoms with Gasteiger partial charge in [-0.2, -0.15) is 0 Å². The second kappa shape index (κ2) is 6.80. The lowest BCUT2D eigenvalue weighted by molar-refractivity contribution is 0.304. The molecule has 0 spiro atoms. The van der Waals surface area contributed by atoms with Gasteiger partial charge in [0.05, 0.1) is 10.0 Å². The Kier molecular flexibility index (Phi) is 5.34. The maximum absolute atomic E-state index is 6.14. The average molecular weight is 381 g/mol. The second-order valence-electron chi connectivity index (χ2n) is 3.77. The van der Waals surface area contributed by atoms with Gasteiger partial charge in [0.25, 0.3) is 0 Å². The van der Waals surface area contributed by atoms with Crippen molar-refractivity contribution < 1.29 is 4.74 Å². The first-order valence-corrected chi connectivity index (χ1v) is 7.62. The van der Waals surface area contributed by atoms with Gasteiger partial charge in [-0.25, -0.2) is 0 Å². The lowest BCUT2D eigenvalue weighted by atomic mass is 10.2. The summed E-state index contributed by atoms with van der Waals surface area (Å²) in [4.78, 5) is 3.92. The molecule has 100 valence electrons. The predicted octanol–water partition coefficient (Wildman–Crippen LogP) is 5.52. The van der Waals surface area contributed by atoms with E-state index in [1.165, 1.54) is 0 Å². The molecule has 0 aliphatic carbocycles. The monoisotopic (exact) mass is 379 g/mol. The number of pyridine rings is 1. The van der Waals surface area contributed by atoms with Crippen LogP contribution < -0.4 is 4.74 Å². The molecule has 0 aliphatic rings. The van der Waals surface area contributed by atoms with Crippen molar-refractivity contribution >= 4 is 50.7 Å². The maximum atomic E-state index is 6.14. The van der Waals surface area contributed by atoms with E-state index in [4.69, 9.17) is 39.5 Å². The lowest BCUT2D eigenvalue weighted by Crippen LogP contribution is -1.99. The van der Waals surface area contributed by atoms with Crippen molar-refractivity contribution in [3.8, 4) is 5.75 Å². The molecule has 6 heteroatoms. The van der Waals surface area contributed by atoms with E-state index < -0.39 is 0 Å². The molecular weight excluding hydrogens is 372 g/mol. The van der Waals surface area contributed by atoms with Gasteiger partial charge >= 0.3 is 0 Å². The summed E-state index contributed by atoms with van der Waals surface area (Å²) in [7, 11) is 0. The molecule has 2 rings (SSSR count). The molecule has 0 saturated heterocycles. The van der Waals surface area contributed by atoms with Gasteiger partial charge in [0.15, 0.2) is 0 Å². The average Bonchev–Trinajstić information content (AvgIpc) is 2.38. The van der Waals surface area contributed by atoms with E-state index in [-0.39, 0.29) is 0 Å². The van der Waals surface area contributed by atoms with Crippen LogP contribution in [0, 0.1) is 0 Å². The Balaban J connectivity index is 2.22. The van der Waals surface area contributed by atoms with E-state index >= 15 is 0 Å². The van der Waals surface area contributed by atoms with Crippen LogP contribution in [-0.2, 0) is 11.9 Å². The standard InChI is InChI=1S/C13H9BrCl3NO/c14-5-9-3-10(15)4-11(16)13(9)19-7-8-1-2-18-6-12(8)17/h1-4,6H,5,7H2. The van der Waals surface area contributed by atoms with Gasteiger partial charge in [-0.1, -0.05) is 50.7 Å². The molecule has 1 aromatic heterocycles. The highest BCUT2D eigenvalue weighted by Crippen LogP contribution is 2.34. The van der Waals surface area contributed by atoms with E-state index in [1.807, 2.05) is 6.07 Å². The Morgan fingerprint density at radius 1 is 1.11 bits per heavy atom. The summed E-state index contributed by atoms with van der Waals surface area (Å²) in [6.07, 6.45) is 3.24. The van der Waals surface area contributed by atoms with E-state index in [0.717, 1.165) is 11.1 Å². The fraction of sp³-hybridized carbons (Fsp3) is 0.154. The van der Waals surface area contributed by atoms with Gasteiger partial charge in [-0.15, -0.1) is 0 Å². The molecule has 0 aliphatic heterocycles. The first-order chi connectivity index (χ1) is 9.11. The summed E-state index contributed by atoms with van der Waals surface area (Å²) in [6.45, 7) is 0.322. The molecular formula is C13H9BrCl3NO. The van der Waals surface area contributed by atoms with Crippen molar-refractivity contribution in [1.82, 2.24) is 4.98 Å². The molecule has 2 nitrogen and oxygen atoms in total. The van der Waals surface area contributed by atoms with Crippen LogP contribution in [0.1, 0.15) is 11.1 Å². The molecule has 0 atom stereocenters. The Hall–Kier alpha value is -0.480. The van der Waals surface area contributed by atoms with Crippen LogP contribution in [0.5, 0.6) is 5.75 Å². The van der Waals surface area contributed by atoms with Crippen molar-refractivity contribution in [2.24, 2.45) is 0 Å². The molecule has 0 fully saturated rings. The number of hydrogen-bond acceptors (Lipinski definition) is 2. The van der Waals surface area contributed by atoms with Crippen molar-refractivity contribution in [3.63, 3.8) is 0 Å². The molecule has 0 unspecified atom stereocenters. The van der Waals surface area contributed by atoms with Crippen LogP contribution in [0.15, 0.2) is 30.6 Å². The van der Waals surface area contributed by atoms with Gasteiger partial charge in [0, 0.05) is 33.9 Å². The molecule has 1 heterocycles. The molecule has 0 saturated carbocycles. The molecule has 0 amide bonds. The molecule has 0 bridgehead atoms. The predicted molar refractivity (Wildman–Crippen MR) is 82.7 cm³/mol. The minimum atomic E-state index is 0.322. The highest BCUT2D eigenvalue weighted by molar-refractivity contribution is 9.08. The number of nitrogens with zero attached hydrogens (tertiary/aromatic N) is 1. The third kappa shape index (κ3) is 3.76.